The SMILES string of the molecule is O=C(CCc1ccc(S(=O)(=O)N2CCOCC2)cc1)OCC(=O)c1cccc(Cl)c1. The Kier molecular flexibility index (Phi) is 7.60. The summed E-state index contributed by atoms with van der Waals surface area (Å²) in [6.07, 6.45) is 0.459. The van der Waals surface area contributed by atoms with E-state index in [0.29, 0.717) is 43.3 Å². The number of morpholine rings is 1. The molecule has 7 nitrogen and oxygen atoms in total. The number of ether oxygens (including phenoxy) is 2. The van der Waals surface area contributed by atoms with Crippen LogP contribution < -0.4 is 0 Å². The molecule has 9 heteroatoms. The van der Waals surface area contributed by atoms with Gasteiger partial charge < -0.3 is 9.47 Å². The van der Waals surface area contributed by atoms with E-state index in [0.717, 1.165) is 5.56 Å². The highest BCUT2D eigenvalue weighted by molar-refractivity contribution is 7.89. The zero-order valence-electron chi connectivity index (χ0n) is 16.3. The van der Waals surface area contributed by atoms with Crippen molar-refractivity contribution < 1.29 is 27.5 Å². The Morgan fingerprint density at radius 3 is 2.43 bits per heavy atom. The van der Waals surface area contributed by atoms with Crippen LogP contribution in [0.1, 0.15) is 22.3 Å². The lowest BCUT2D eigenvalue weighted by Gasteiger charge is -2.26. The Bertz CT molecular complexity index is 1000. The van der Waals surface area contributed by atoms with Gasteiger partial charge in [0.2, 0.25) is 10.0 Å². The number of sulfonamides is 1. The highest BCUT2D eigenvalue weighted by Gasteiger charge is 2.26. The van der Waals surface area contributed by atoms with Crippen LogP contribution in [-0.2, 0) is 30.7 Å². The first kappa shape index (κ1) is 22.4. The second-order valence-electron chi connectivity index (χ2n) is 6.75. The lowest BCUT2D eigenvalue weighted by Crippen LogP contribution is -2.40. The average molecular weight is 452 g/mol. The molecule has 0 unspecified atom stereocenters. The number of benzene rings is 2. The van der Waals surface area contributed by atoms with E-state index in [1.807, 2.05) is 0 Å². The molecule has 2 aromatic rings. The molecule has 0 spiro atoms. The minimum absolute atomic E-state index is 0.0817. The molecular weight excluding hydrogens is 430 g/mol. The van der Waals surface area contributed by atoms with Crippen molar-refractivity contribution in [1.82, 2.24) is 4.31 Å². The van der Waals surface area contributed by atoms with Gasteiger partial charge in [-0.2, -0.15) is 4.31 Å². The van der Waals surface area contributed by atoms with Gasteiger partial charge >= 0.3 is 5.97 Å². The highest BCUT2D eigenvalue weighted by Crippen LogP contribution is 2.18. The van der Waals surface area contributed by atoms with Gasteiger partial charge in [-0.05, 0) is 36.2 Å². The zero-order chi connectivity index (χ0) is 21.6. The molecule has 2 aromatic carbocycles. The Hall–Kier alpha value is -2.26. The largest absolute Gasteiger partial charge is 0.457 e. The molecule has 30 heavy (non-hydrogen) atoms. The minimum Gasteiger partial charge on any atom is -0.457 e. The van der Waals surface area contributed by atoms with Crippen LogP contribution >= 0.6 is 11.6 Å². The number of Topliss-reactive ketones (excluding diaryl/α,β-unsaturated/α-hetero) is 1. The third-order valence-electron chi connectivity index (χ3n) is 4.66. The van der Waals surface area contributed by atoms with Gasteiger partial charge in [0, 0.05) is 30.1 Å². The van der Waals surface area contributed by atoms with Gasteiger partial charge in [0.25, 0.3) is 0 Å². The van der Waals surface area contributed by atoms with Crippen molar-refractivity contribution in [2.24, 2.45) is 0 Å². The number of carbonyl (C=O) groups excluding carboxylic acids is 2. The first-order valence-corrected chi connectivity index (χ1v) is 11.3. The number of halogens is 1. The second-order valence-corrected chi connectivity index (χ2v) is 9.13. The van der Waals surface area contributed by atoms with E-state index < -0.39 is 16.0 Å². The van der Waals surface area contributed by atoms with Crippen LogP contribution in [-0.4, -0.2) is 57.4 Å². The summed E-state index contributed by atoms with van der Waals surface area (Å²) in [5, 5.41) is 0.436. The fourth-order valence-corrected chi connectivity index (χ4v) is 4.57. The lowest BCUT2D eigenvalue weighted by atomic mass is 10.1. The van der Waals surface area contributed by atoms with E-state index in [-0.39, 0.29) is 23.7 Å². The zero-order valence-corrected chi connectivity index (χ0v) is 17.8. The van der Waals surface area contributed by atoms with Crippen LogP contribution in [0.2, 0.25) is 5.02 Å². The van der Waals surface area contributed by atoms with Crippen LogP contribution in [0.15, 0.2) is 53.4 Å². The van der Waals surface area contributed by atoms with Gasteiger partial charge in [0.05, 0.1) is 18.1 Å². The first-order chi connectivity index (χ1) is 14.4. The summed E-state index contributed by atoms with van der Waals surface area (Å²) >= 11 is 5.85. The summed E-state index contributed by atoms with van der Waals surface area (Å²) in [7, 11) is -3.54. The van der Waals surface area contributed by atoms with Crippen molar-refractivity contribution in [3.63, 3.8) is 0 Å². The molecule has 3 rings (SSSR count). The number of ketones is 1. The predicted molar refractivity (Wildman–Crippen MR) is 111 cm³/mol. The fourth-order valence-electron chi connectivity index (χ4n) is 2.97. The van der Waals surface area contributed by atoms with E-state index in [9.17, 15) is 18.0 Å². The highest BCUT2D eigenvalue weighted by atomic mass is 35.5. The number of carbonyl (C=O) groups is 2. The van der Waals surface area contributed by atoms with Gasteiger partial charge in [0.1, 0.15) is 0 Å². The fraction of sp³-hybridized carbons (Fsp3) is 0.333. The van der Waals surface area contributed by atoms with Crippen molar-refractivity contribution in [2.75, 3.05) is 32.9 Å². The molecule has 0 N–H and O–H groups in total. The third-order valence-corrected chi connectivity index (χ3v) is 6.81. The average Bonchev–Trinajstić information content (AvgIpc) is 2.77. The Morgan fingerprint density at radius 2 is 1.77 bits per heavy atom. The molecule has 0 saturated carbocycles. The van der Waals surface area contributed by atoms with Gasteiger partial charge in [0.15, 0.2) is 12.4 Å². The molecule has 0 aliphatic carbocycles. The van der Waals surface area contributed by atoms with Gasteiger partial charge in [-0.3, -0.25) is 9.59 Å². The smallest absolute Gasteiger partial charge is 0.306 e. The summed E-state index contributed by atoms with van der Waals surface area (Å²) < 4.78 is 36.8. The molecule has 0 amide bonds. The standard InChI is InChI=1S/C21H22ClNO6S/c22-18-3-1-2-17(14-18)20(24)15-29-21(25)9-6-16-4-7-19(8-5-16)30(26,27)23-10-12-28-13-11-23/h1-5,7-8,14H,6,9-13,15H2. The van der Waals surface area contributed by atoms with E-state index in [2.05, 4.69) is 0 Å². The number of nitrogens with zero attached hydrogens (tertiary/aromatic N) is 1. The summed E-state index contributed by atoms with van der Waals surface area (Å²) in [5.41, 5.74) is 1.18. The number of hydrogen-bond acceptors (Lipinski definition) is 6. The molecule has 0 bridgehead atoms. The number of rotatable bonds is 8. The summed E-state index contributed by atoms with van der Waals surface area (Å²) in [6.45, 7) is 1.10. The van der Waals surface area contributed by atoms with Crippen molar-refractivity contribution >= 4 is 33.4 Å². The van der Waals surface area contributed by atoms with Gasteiger partial charge in [-0.25, -0.2) is 8.42 Å². The van der Waals surface area contributed by atoms with E-state index >= 15 is 0 Å². The molecule has 1 heterocycles. The van der Waals surface area contributed by atoms with Crippen molar-refractivity contribution in [2.45, 2.75) is 17.7 Å². The van der Waals surface area contributed by atoms with Crippen molar-refractivity contribution in [3.05, 3.63) is 64.7 Å². The van der Waals surface area contributed by atoms with Crippen LogP contribution in [0.3, 0.4) is 0 Å². The van der Waals surface area contributed by atoms with E-state index in [1.165, 1.54) is 22.5 Å². The third kappa shape index (κ3) is 5.89. The molecule has 0 aromatic heterocycles. The maximum atomic E-state index is 12.6. The van der Waals surface area contributed by atoms with Gasteiger partial charge in [-0.1, -0.05) is 35.9 Å². The maximum Gasteiger partial charge on any atom is 0.306 e. The Morgan fingerprint density at radius 1 is 1.07 bits per heavy atom. The second kappa shape index (κ2) is 10.2. The van der Waals surface area contributed by atoms with Crippen LogP contribution in [0.5, 0.6) is 0 Å². The maximum absolute atomic E-state index is 12.6. The number of hydrogen-bond donors (Lipinski definition) is 0. The van der Waals surface area contributed by atoms with Gasteiger partial charge in [-0.15, -0.1) is 0 Å². The number of aryl methyl sites for hydroxylation is 1. The Labute approximate surface area is 180 Å². The number of esters is 1. The van der Waals surface area contributed by atoms with Crippen LogP contribution in [0.4, 0.5) is 0 Å². The molecule has 1 aliphatic rings. The quantitative estimate of drug-likeness (QED) is 0.453. The van der Waals surface area contributed by atoms with E-state index in [1.54, 1.807) is 30.3 Å². The molecule has 160 valence electrons. The van der Waals surface area contributed by atoms with Crippen molar-refractivity contribution in [1.29, 1.82) is 0 Å². The minimum atomic E-state index is -3.54. The first-order valence-electron chi connectivity index (χ1n) is 9.47. The summed E-state index contributed by atoms with van der Waals surface area (Å²) in [6, 6.07) is 12.9. The predicted octanol–water partition coefficient (Wildman–Crippen LogP) is 2.72. The van der Waals surface area contributed by atoms with Crippen LogP contribution in [0, 0.1) is 0 Å². The molecule has 1 saturated heterocycles. The topological polar surface area (TPSA) is 90.0 Å². The Balaban J connectivity index is 1.48. The van der Waals surface area contributed by atoms with Crippen molar-refractivity contribution in [3.8, 4) is 0 Å². The molecule has 1 fully saturated rings. The van der Waals surface area contributed by atoms with Crippen LogP contribution in [0.25, 0.3) is 0 Å². The monoisotopic (exact) mass is 451 g/mol. The lowest BCUT2D eigenvalue weighted by molar-refractivity contribution is -0.142. The summed E-state index contributed by atoms with van der Waals surface area (Å²) in [5.74, 6) is -0.834. The normalized spacial score (nSPS) is 15.0. The molecular formula is C21H22ClNO6S. The molecule has 0 radical (unpaired) electrons. The molecule has 0 atom stereocenters. The molecule has 1 aliphatic heterocycles. The van der Waals surface area contributed by atoms with E-state index in [4.69, 9.17) is 21.1 Å². The summed E-state index contributed by atoms with van der Waals surface area (Å²) in [4.78, 5) is 24.2.